The van der Waals surface area contributed by atoms with Crippen molar-refractivity contribution in [3.8, 4) is 0 Å². The molecule has 0 aliphatic carbocycles. The number of nitrogens with one attached hydrogen (secondary N) is 2. The van der Waals surface area contributed by atoms with E-state index in [0.717, 1.165) is 5.56 Å². The maximum absolute atomic E-state index is 12.3. The molecule has 2 aromatic heterocycles. The van der Waals surface area contributed by atoms with Crippen molar-refractivity contribution < 1.29 is 4.79 Å². The molecule has 0 aliphatic heterocycles. The van der Waals surface area contributed by atoms with E-state index >= 15 is 0 Å². The number of aromatic nitrogens is 2. The predicted molar refractivity (Wildman–Crippen MR) is 99.4 cm³/mol. The van der Waals surface area contributed by atoms with Gasteiger partial charge in [-0.3, -0.25) is 14.8 Å². The van der Waals surface area contributed by atoms with Gasteiger partial charge in [0.2, 0.25) is 0 Å². The molecule has 0 bridgehead atoms. The Hall–Kier alpha value is -2.63. The number of pyridine rings is 2. The zero-order chi connectivity index (χ0) is 17.6. The fourth-order valence-corrected chi connectivity index (χ4v) is 2.61. The van der Waals surface area contributed by atoms with Crippen molar-refractivity contribution in [2.24, 2.45) is 0 Å². The average molecular weight is 373 g/mol. The first-order chi connectivity index (χ1) is 12.1. The van der Waals surface area contributed by atoms with Gasteiger partial charge in [-0.2, -0.15) is 0 Å². The highest BCUT2D eigenvalue weighted by Gasteiger charge is 2.09. The molecule has 0 atom stereocenters. The summed E-state index contributed by atoms with van der Waals surface area (Å²) in [6, 6.07) is 12.3. The van der Waals surface area contributed by atoms with Crippen molar-refractivity contribution in [2.45, 2.75) is 6.54 Å². The average Bonchev–Trinajstić information content (AvgIpc) is 2.63. The van der Waals surface area contributed by atoms with Gasteiger partial charge in [-0.25, -0.2) is 0 Å². The first-order valence-corrected chi connectivity index (χ1v) is 8.22. The molecule has 3 rings (SSSR count). The first kappa shape index (κ1) is 17.2. The van der Waals surface area contributed by atoms with E-state index < -0.39 is 0 Å². The predicted octanol–water partition coefficient (Wildman–Crippen LogP) is 4.46. The van der Waals surface area contributed by atoms with Gasteiger partial charge in [0.15, 0.2) is 0 Å². The number of benzene rings is 1. The Balaban J connectivity index is 1.69. The monoisotopic (exact) mass is 372 g/mol. The number of nitrogens with zero attached hydrogens (tertiary/aromatic N) is 2. The zero-order valence-corrected chi connectivity index (χ0v) is 14.6. The molecular weight excluding hydrogens is 359 g/mol. The summed E-state index contributed by atoms with van der Waals surface area (Å²) < 4.78 is 0. The van der Waals surface area contributed by atoms with Gasteiger partial charge in [0.05, 0.1) is 10.7 Å². The topological polar surface area (TPSA) is 66.9 Å². The van der Waals surface area contributed by atoms with Crippen LogP contribution in [0.2, 0.25) is 10.0 Å². The third-order valence-corrected chi connectivity index (χ3v) is 3.95. The van der Waals surface area contributed by atoms with Crippen LogP contribution in [0.4, 0.5) is 11.4 Å². The number of carbonyl (C=O) groups excluding carboxylic acids is 1. The Morgan fingerprint density at radius 2 is 1.80 bits per heavy atom. The zero-order valence-electron chi connectivity index (χ0n) is 13.0. The molecule has 0 unspecified atom stereocenters. The molecule has 0 fully saturated rings. The van der Waals surface area contributed by atoms with Gasteiger partial charge in [-0.1, -0.05) is 23.2 Å². The van der Waals surface area contributed by atoms with Crippen LogP contribution >= 0.6 is 23.2 Å². The molecule has 1 amide bonds. The fraction of sp³-hybridized carbons (Fsp3) is 0.0556. The summed E-state index contributed by atoms with van der Waals surface area (Å²) in [4.78, 5) is 20.3. The minimum absolute atomic E-state index is 0.261. The number of anilines is 2. The molecule has 0 saturated heterocycles. The number of hydrogen-bond donors (Lipinski definition) is 2. The molecule has 25 heavy (non-hydrogen) atoms. The van der Waals surface area contributed by atoms with Crippen LogP contribution < -0.4 is 10.6 Å². The van der Waals surface area contributed by atoms with Crippen LogP contribution in [0, 0.1) is 0 Å². The van der Waals surface area contributed by atoms with Crippen molar-refractivity contribution in [3.05, 3.63) is 82.4 Å². The van der Waals surface area contributed by atoms with Crippen LogP contribution in [-0.2, 0) is 6.54 Å². The van der Waals surface area contributed by atoms with E-state index in [1.807, 2.05) is 12.1 Å². The third kappa shape index (κ3) is 4.68. The molecule has 3 aromatic rings. The molecule has 7 heteroatoms. The van der Waals surface area contributed by atoms with Crippen molar-refractivity contribution >= 4 is 40.5 Å². The largest absolute Gasteiger partial charge is 0.354 e. The van der Waals surface area contributed by atoms with E-state index in [9.17, 15) is 4.79 Å². The molecule has 0 aliphatic rings. The van der Waals surface area contributed by atoms with Crippen molar-refractivity contribution in [1.29, 1.82) is 0 Å². The number of halogens is 2. The summed E-state index contributed by atoms with van der Waals surface area (Å²) in [7, 11) is 0. The lowest BCUT2D eigenvalue weighted by Crippen LogP contribution is -2.23. The van der Waals surface area contributed by atoms with Gasteiger partial charge in [0, 0.05) is 35.8 Å². The molecule has 0 spiro atoms. The summed E-state index contributed by atoms with van der Waals surface area (Å²) in [5.41, 5.74) is 2.67. The highest BCUT2D eigenvalue weighted by Crippen LogP contribution is 2.28. The van der Waals surface area contributed by atoms with Crippen molar-refractivity contribution in [1.82, 2.24) is 15.3 Å². The van der Waals surface area contributed by atoms with Crippen molar-refractivity contribution in [3.63, 3.8) is 0 Å². The van der Waals surface area contributed by atoms with E-state index in [1.54, 1.807) is 48.9 Å². The summed E-state index contributed by atoms with van der Waals surface area (Å²) in [6.07, 6.45) is 4.92. The first-order valence-electron chi connectivity index (χ1n) is 7.47. The Morgan fingerprint density at radius 1 is 1.00 bits per heavy atom. The molecule has 126 valence electrons. The van der Waals surface area contributed by atoms with Gasteiger partial charge in [-0.05, 0) is 48.0 Å². The number of hydrogen-bond acceptors (Lipinski definition) is 4. The lowest BCUT2D eigenvalue weighted by atomic mass is 10.2. The molecule has 2 heterocycles. The van der Waals surface area contributed by atoms with Gasteiger partial charge in [0.25, 0.3) is 5.91 Å². The summed E-state index contributed by atoms with van der Waals surface area (Å²) in [5.74, 6) is -0.261. The maximum Gasteiger partial charge on any atom is 0.270 e. The molecule has 0 radical (unpaired) electrons. The Bertz CT molecular complexity index is 887. The smallest absolute Gasteiger partial charge is 0.270 e. The lowest BCUT2D eigenvalue weighted by Gasteiger charge is -2.10. The highest BCUT2D eigenvalue weighted by atomic mass is 35.5. The summed E-state index contributed by atoms with van der Waals surface area (Å²) in [5, 5.41) is 7.02. The summed E-state index contributed by atoms with van der Waals surface area (Å²) >= 11 is 12.0. The van der Waals surface area contributed by atoms with Gasteiger partial charge in [0.1, 0.15) is 5.69 Å². The maximum atomic E-state index is 12.3. The number of amides is 1. The molecule has 0 saturated carbocycles. The van der Waals surface area contributed by atoms with Crippen LogP contribution in [0.15, 0.2) is 61.1 Å². The van der Waals surface area contributed by atoms with Crippen LogP contribution in [0.5, 0.6) is 0 Å². The summed E-state index contributed by atoms with van der Waals surface area (Å²) in [6.45, 7) is 0.406. The lowest BCUT2D eigenvalue weighted by molar-refractivity contribution is 0.0946. The molecule has 1 aromatic carbocycles. The molecule has 5 nitrogen and oxygen atoms in total. The minimum atomic E-state index is -0.261. The minimum Gasteiger partial charge on any atom is -0.354 e. The highest BCUT2D eigenvalue weighted by molar-refractivity contribution is 6.36. The standard InChI is InChI=1S/C18H14Cl2N4O/c19-13-1-2-16(15(20)9-13)24-14-5-8-22-17(10-14)18(25)23-11-12-3-6-21-7-4-12/h1-10H,11H2,(H,22,24)(H,23,25). The van der Waals surface area contributed by atoms with E-state index in [1.165, 1.54) is 0 Å². The number of rotatable bonds is 5. The molecular formula is C18H14Cl2N4O. The second-order valence-electron chi connectivity index (χ2n) is 5.22. The Kier molecular flexibility index (Phi) is 5.48. The van der Waals surface area contributed by atoms with Gasteiger partial charge in [-0.15, -0.1) is 0 Å². The fourth-order valence-electron chi connectivity index (χ4n) is 2.15. The van der Waals surface area contributed by atoms with Gasteiger partial charge < -0.3 is 10.6 Å². The quantitative estimate of drug-likeness (QED) is 0.693. The second-order valence-corrected chi connectivity index (χ2v) is 6.06. The van der Waals surface area contributed by atoms with Crippen LogP contribution in [0.3, 0.4) is 0 Å². The molecule has 2 N–H and O–H groups in total. The van der Waals surface area contributed by atoms with E-state index in [4.69, 9.17) is 23.2 Å². The second kappa shape index (κ2) is 7.96. The Labute approximate surface area is 155 Å². The van der Waals surface area contributed by atoms with Gasteiger partial charge >= 0.3 is 0 Å². The van der Waals surface area contributed by atoms with E-state index in [0.29, 0.717) is 33.7 Å². The van der Waals surface area contributed by atoms with Crippen LogP contribution in [0.25, 0.3) is 0 Å². The van der Waals surface area contributed by atoms with E-state index in [2.05, 4.69) is 20.6 Å². The van der Waals surface area contributed by atoms with E-state index in [-0.39, 0.29) is 5.91 Å². The van der Waals surface area contributed by atoms with Crippen molar-refractivity contribution in [2.75, 3.05) is 5.32 Å². The normalized spacial score (nSPS) is 10.3. The van der Waals surface area contributed by atoms with Crippen LogP contribution in [-0.4, -0.2) is 15.9 Å². The Morgan fingerprint density at radius 3 is 2.56 bits per heavy atom. The number of carbonyl (C=O) groups is 1. The SMILES string of the molecule is O=C(NCc1ccncc1)c1cc(Nc2ccc(Cl)cc2Cl)ccn1. The third-order valence-electron chi connectivity index (χ3n) is 3.41. The van der Waals surface area contributed by atoms with Crippen LogP contribution in [0.1, 0.15) is 16.1 Å².